The molecule has 1 N–H and O–H groups in total. The van der Waals surface area contributed by atoms with Crippen molar-refractivity contribution in [3.8, 4) is 0 Å². The Bertz CT molecular complexity index is 367. The molecule has 1 saturated heterocycles. The van der Waals surface area contributed by atoms with Gasteiger partial charge in [-0.2, -0.15) is 0 Å². The van der Waals surface area contributed by atoms with Crippen LogP contribution in [-0.4, -0.2) is 13.1 Å². The topological polar surface area (TPSA) is 12.0 Å². The molecule has 1 aromatic carbocycles. The highest BCUT2D eigenvalue weighted by atomic mass is 35.5. The van der Waals surface area contributed by atoms with Gasteiger partial charge in [0.25, 0.3) is 0 Å². The molecule has 1 unspecified atom stereocenters. The fourth-order valence-corrected chi connectivity index (χ4v) is 2.12. The lowest BCUT2D eigenvalue weighted by molar-refractivity contribution is 0.185. The number of halogens is 4. The molecule has 1 heterocycles. The van der Waals surface area contributed by atoms with E-state index in [-0.39, 0.29) is 23.9 Å². The van der Waals surface area contributed by atoms with E-state index in [1.54, 1.807) is 0 Å². The molecule has 1 fully saturated rings. The average molecular weight is 266 g/mol. The van der Waals surface area contributed by atoms with Crippen LogP contribution >= 0.6 is 12.4 Å². The van der Waals surface area contributed by atoms with Crippen molar-refractivity contribution in [1.82, 2.24) is 5.32 Å². The van der Waals surface area contributed by atoms with Gasteiger partial charge in [0, 0.05) is 11.6 Å². The van der Waals surface area contributed by atoms with Gasteiger partial charge in [0.1, 0.15) is 17.8 Å². The van der Waals surface area contributed by atoms with Gasteiger partial charge in [-0.15, -0.1) is 12.4 Å². The molecular weight excluding hydrogens is 251 g/mol. The van der Waals surface area contributed by atoms with Crippen molar-refractivity contribution < 1.29 is 13.2 Å². The summed E-state index contributed by atoms with van der Waals surface area (Å²) in [6.07, 6.45) is 0.0541. The SMILES string of the molecule is Cl.Fc1ccc(C(F)C2CCNCC2)c(F)c1. The third kappa shape index (κ3) is 3.36. The number of hydrogen-bond donors (Lipinski definition) is 1. The van der Waals surface area contributed by atoms with Gasteiger partial charge in [-0.3, -0.25) is 0 Å². The molecule has 0 saturated carbocycles. The van der Waals surface area contributed by atoms with Crippen LogP contribution in [0.4, 0.5) is 13.2 Å². The second-order valence-electron chi connectivity index (χ2n) is 4.16. The van der Waals surface area contributed by atoms with Gasteiger partial charge in [0.05, 0.1) is 0 Å². The maximum Gasteiger partial charge on any atom is 0.132 e. The van der Waals surface area contributed by atoms with Crippen LogP contribution in [0.2, 0.25) is 0 Å². The van der Waals surface area contributed by atoms with Crippen molar-refractivity contribution in [1.29, 1.82) is 0 Å². The summed E-state index contributed by atoms with van der Waals surface area (Å²) >= 11 is 0. The third-order valence-corrected chi connectivity index (χ3v) is 3.06. The maximum atomic E-state index is 14.0. The molecule has 2 rings (SSSR count). The molecule has 96 valence electrons. The van der Waals surface area contributed by atoms with E-state index < -0.39 is 17.8 Å². The van der Waals surface area contributed by atoms with E-state index >= 15 is 0 Å². The Labute approximate surface area is 105 Å². The number of alkyl halides is 1. The highest BCUT2D eigenvalue weighted by Gasteiger charge is 2.26. The highest BCUT2D eigenvalue weighted by molar-refractivity contribution is 5.85. The first-order valence-corrected chi connectivity index (χ1v) is 5.48. The normalized spacial score (nSPS) is 18.5. The quantitative estimate of drug-likeness (QED) is 0.864. The van der Waals surface area contributed by atoms with E-state index in [0.717, 1.165) is 25.2 Å². The van der Waals surface area contributed by atoms with Crippen LogP contribution in [-0.2, 0) is 0 Å². The average Bonchev–Trinajstić information content (AvgIpc) is 2.29. The molecule has 0 amide bonds. The fourth-order valence-electron chi connectivity index (χ4n) is 2.12. The zero-order valence-corrected chi connectivity index (χ0v) is 10.1. The number of benzene rings is 1. The first-order chi connectivity index (χ1) is 7.68. The molecule has 0 spiro atoms. The minimum Gasteiger partial charge on any atom is -0.317 e. The van der Waals surface area contributed by atoms with E-state index in [9.17, 15) is 13.2 Å². The number of rotatable bonds is 2. The van der Waals surface area contributed by atoms with Crippen LogP contribution in [0.3, 0.4) is 0 Å². The summed E-state index contributed by atoms with van der Waals surface area (Å²) in [5.41, 5.74) is -0.0201. The molecule has 5 heteroatoms. The summed E-state index contributed by atoms with van der Waals surface area (Å²) in [6.45, 7) is 1.52. The van der Waals surface area contributed by atoms with Crippen LogP contribution in [0, 0.1) is 17.6 Å². The first kappa shape index (κ1) is 14.3. The zero-order chi connectivity index (χ0) is 11.5. The van der Waals surface area contributed by atoms with Crippen LogP contribution in [0.25, 0.3) is 0 Å². The second-order valence-corrected chi connectivity index (χ2v) is 4.16. The Kier molecular flexibility index (Phi) is 5.28. The van der Waals surface area contributed by atoms with Crippen molar-refractivity contribution in [3.05, 3.63) is 35.4 Å². The lowest BCUT2D eigenvalue weighted by Gasteiger charge is -2.26. The van der Waals surface area contributed by atoms with E-state index in [1.165, 1.54) is 6.07 Å². The van der Waals surface area contributed by atoms with Gasteiger partial charge in [0.15, 0.2) is 0 Å². The van der Waals surface area contributed by atoms with Crippen LogP contribution in [0.1, 0.15) is 24.6 Å². The Hall–Kier alpha value is -0.740. The number of piperidine rings is 1. The Morgan fingerprint density at radius 1 is 1.18 bits per heavy atom. The summed E-state index contributed by atoms with van der Waals surface area (Å²) in [5.74, 6) is -1.62. The van der Waals surface area contributed by atoms with E-state index in [0.29, 0.717) is 12.8 Å². The molecule has 0 aromatic heterocycles. The second kappa shape index (κ2) is 6.26. The summed E-state index contributed by atoms with van der Waals surface area (Å²) in [4.78, 5) is 0. The van der Waals surface area contributed by atoms with Crippen LogP contribution < -0.4 is 5.32 Å². The monoisotopic (exact) mass is 265 g/mol. The van der Waals surface area contributed by atoms with Gasteiger partial charge < -0.3 is 5.32 Å². The number of nitrogens with one attached hydrogen (secondary N) is 1. The van der Waals surface area contributed by atoms with E-state index in [1.807, 2.05) is 0 Å². The van der Waals surface area contributed by atoms with Crippen molar-refractivity contribution in [2.75, 3.05) is 13.1 Å². The third-order valence-electron chi connectivity index (χ3n) is 3.06. The minimum absolute atomic E-state index is 0. The summed E-state index contributed by atoms with van der Waals surface area (Å²) in [7, 11) is 0. The largest absolute Gasteiger partial charge is 0.317 e. The summed E-state index contributed by atoms with van der Waals surface area (Å²) in [6, 6.07) is 3.05. The molecule has 1 aliphatic rings. The van der Waals surface area contributed by atoms with Crippen molar-refractivity contribution >= 4 is 12.4 Å². The molecule has 17 heavy (non-hydrogen) atoms. The molecule has 1 aliphatic heterocycles. The minimum atomic E-state index is -1.33. The van der Waals surface area contributed by atoms with Gasteiger partial charge in [-0.25, -0.2) is 13.2 Å². The van der Waals surface area contributed by atoms with Gasteiger partial charge >= 0.3 is 0 Å². The maximum absolute atomic E-state index is 14.0. The fraction of sp³-hybridized carbons (Fsp3) is 0.500. The van der Waals surface area contributed by atoms with Crippen molar-refractivity contribution in [2.24, 2.45) is 5.92 Å². The lowest BCUT2D eigenvalue weighted by atomic mass is 9.89. The first-order valence-electron chi connectivity index (χ1n) is 5.48. The Balaban J connectivity index is 0.00000144. The Morgan fingerprint density at radius 2 is 1.82 bits per heavy atom. The summed E-state index contributed by atoms with van der Waals surface area (Å²) < 4.78 is 40.1. The molecular formula is C12H15ClF3N. The van der Waals surface area contributed by atoms with Gasteiger partial charge in [-0.05, 0) is 37.9 Å². The molecule has 0 radical (unpaired) electrons. The summed E-state index contributed by atoms with van der Waals surface area (Å²) in [5, 5.41) is 3.12. The van der Waals surface area contributed by atoms with Gasteiger partial charge in [-0.1, -0.05) is 6.07 Å². The standard InChI is InChI=1S/C12H14F3N.ClH/c13-9-1-2-10(11(14)7-9)12(15)8-3-5-16-6-4-8;/h1-2,7-8,12,16H,3-6H2;1H. The van der Waals surface area contributed by atoms with Crippen molar-refractivity contribution in [2.45, 2.75) is 19.0 Å². The molecule has 0 bridgehead atoms. The van der Waals surface area contributed by atoms with Crippen molar-refractivity contribution in [3.63, 3.8) is 0 Å². The highest BCUT2D eigenvalue weighted by Crippen LogP contribution is 2.33. The lowest BCUT2D eigenvalue weighted by Crippen LogP contribution is -2.30. The predicted octanol–water partition coefficient (Wildman–Crippen LogP) is 3.40. The molecule has 1 aromatic rings. The number of hydrogen-bond acceptors (Lipinski definition) is 1. The van der Waals surface area contributed by atoms with Crippen LogP contribution in [0.15, 0.2) is 18.2 Å². The van der Waals surface area contributed by atoms with E-state index in [2.05, 4.69) is 5.32 Å². The predicted molar refractivity (Wildman–Crippen MR) is 63.0 cm³/mol. The van der Waals surface area contributed by atoms with E-state index in [4.69, 9.17) is 0 Å². The molecule has 0 aliphatic carbocycles. The molecule has 1 atom stereocenters. The van der Waals surface area contributed by atoms with Gasteiger partial charge in [0.2, 0.25) is 0 Å². The Morgan fingerprint density at radius 3 is 2.41 bits per heavy atom. The molecule has 1 nitrogen and oxygen atoms in total. The smallest absolute Gasteiger partial charge is 0.132 e. The van der Waals surface area contributed by atoms with Crippen LogP contribution in [0.5, 0.6) is 0 Å². The zero-order valence-electron chi connectivity index (χ0n) is 9.26.